The fourth-order valence-corrected chi connectivity index (χ4v) is 2.90. The molecule has 0 saturated carbocycles. The fraction of sp³-hybridized carbons (Fsp3) is 0.571. The van der Waals surface area contributed by atoms with Gasteiger partial charge in [0.1, 0.15) is 11.6 Å². The summed E-state index contributed by atoms with van der Waals surface area (Å²) in [6, 6.07) is 4.22. The van der Waals surface area contributed by atoms with Crippen LogP contribution in [0.4, 0.5) is 8.78 Å². The van der Waals surface area contributed by atoms with E-state index in [1.807, 2.05) is 14.0 Å². The van der Waals surface area contributed by atoms with E-state index < -0.39 is 11.6 Å². The summed E-state index contributed by atoms with van der Waals surface area (Å²) in [5.41, 5.74) is 0.195. The number of halogens is 2. The first-order valence-electron chi connectivity index (χ1n) is 6.49. The van der Waals surface area contributed by atoms with Crippen molar-refractivity contribution >= 4 is 0 Å². The van der Waals surface area contributed by atoms with Crippen LogP contribution in [-0.4, -0.2) is 31.1 Å². The third-order valence-electron chi connectivity index (χ3n) is 3.78. The Balaban J connectivity index is 2.22. The molecule has 18 heavy (non-hydrogen) atoms. The smallest absolute Gasteiger partial charge is 0.130 e. The van der Waals surface area contributed by atoms with Crippen LogP contribution >= 0.6 is 0 Å². The van der Waals surface area contributed by atoms with Gasteiger partial charge in [-0.3, -0.25) is 4.90 Å². The Hall–Kier alpha value is -1.00. The van der Waals surface area contributed by atoms with Crippen LogP contribution in [0.5, 0.6) is 0 Å². The normalized spacial score (nSPS) is 22.3. The number of likely N-dealkylation sites (N-methyl/N-ethyl adjacent to an activating group) is 1. The largest absolute Gasteiger partial charge is 0.318 e. The first kappa shape index (κ1) is 13.4. The summed E-state index contributed by atoms with van der Waals surface area (Å²) < 4.78 is 27.6. The van der Waals surface area contributed by atoms with E-state index >= 15 is 0 Å². The molecule has 2 rings (SSSR count). The van der Waals surface area contributed by atoms with E-state index in [1.54, 1.807) is 0 Å². The monoisotopic (exact) mass is 254 g/mol. The molecule has 1 aromatic carbocycles. The quantitative estimate of drug-likeness (QED) is 0.888. The Kier molecular flexibility index (Phi) is 4.30. The molecule has 2 atom stereocenters. The summed E-state index contributed by atoms with van der Waals surface area (Å²) >= 11 is 0. The first-order chi connectivity index (χ1) is 8.65. The highest BCUT2D eigenvalue weighted by Gasteiger charge is 2.31. The van der Waals surface area contributed by atoms with Crippen LogP contribution in [-0.2, 0) is 0 Å². The van der Waals surface area contributed by atoms with Gasteiger partial charge in [0, 0.05) is 24.2 Å². The summed E-state index contributed by atoms with van der Waals surface area (Å²) in [5, 5.41) is 3.15. The van der Waals surface area contributed by atoms with Crippen LogP contribution < -0.4 is 5.32 Å². The summed E-state index contributed by atoms with van der Waals surface area (Å²) in [4.78, 5) is 2.19. The molecular formula is C14H20F2N2. The van der Waals surface area contributed by atoms with E-state index in [9.17, 15) is 8.78 Å². The number of benzene rings is 1. The maximum atomic E-state index is 13.8. The molecule has 1 aliphatic heterocycles. The lowest BCUT2D eigenvalue weighted by Crippen LogP contribution is -2.38. The van der Waals surface area contributed by atoms with Gasteiger partial charge in [-0.2, -0.15) is 0 Å². The molecule has 0 amide bonds. The van der Waals surface area contributed by atoms with E-state index in [4.69, 9.17) is 0 Å². The van der Waals surface area contributed by atoms with Crippen molar-refractivity contribution in [2.45, 2.75) is 31.8 Å². The van der Waals surface area contributed by atoms with Gasteiger partial charge in [0.05, 0.1) is 0 Å². The van der Waals surface area contributed by atoms with E-state index in [2.05, 4.69) is 10.2 Å². The molecule has 2 unspecified atom stereocenters. The van der Waals surface area contributed by atoms with Gasteiger partial charge >= 0.3 is 0 Å². The van der Waals surface area contributed by atoms with Gasteiger partial charge in [0.25, 0.3) is 0 Å². The van der Waals surface area contributed by atoms with E-state index in [-0.39, 0.29) is 11.6 Å². The lowest BCUT2D eigenvalue weighted by Gasteiger charge is -2.31. The van der Waals surface area contributed by atoms with Gasteiger partial charge < -0.3 is 5.32 Å². The molecular weight excluding hydrogens is 234 g/mol. The molecule has 100 valence electrons. The summed E-state index contributed by atoms with van der Waals surface area (Å²) in [6.07, 6.45) is 2.17. The molecule has 0 bridgehead atoms. The third-order valence-corrected chi connectivity index (χ3v) is 3.78. The van der Waals surface area contributed by atoms with Crippen molar-refractivity contribution in [2.75, 3.05) is 20.1 Å². The van der Waals surface area contributed by atoms with Gasteiger partial charge in [-0.05, 0) is 45.5 Å². The molecule has 1 aromatic rings. The lowest BCUT2D eigenvalue weighted by atomic mass is 10.0. The summed E-state index contributed by atoms with van der Waals surface area (Å²) in [5.74, 6) is -0.893. The van der Waals surface area contributed by atoms with Crippen molar-refractivity contribution < 1.29 is 8.78 Å². The van der Waals surface area contributed by atoms with Crippen LogP contribution in [0.25, 0.3) is 0 Å². The molecule has 4 heteroatoms. The number of hydrogen-bond acceptors (Lipinski definition) is 2. The fourth-order valence-electron chi connectivity index (χ4n) is 2.90. The van der Waals surface area contributed by atoms with Gasteiger partial charge in [-0.25, -0.2) is 8.78 Å². The molecule has 1 fully saturated rings. The van der Waals surface area contributed by atoms with Crippen molar-refractivity contribution in [2.24, 2.45) is 0 Å². The molecule has 0 radical (unpaired) electrons. The van der Waals surface area contributed by atoms with Crippen molar-refractivity contribution in [1.29, 1.82) is 0 Å². The van der Waals surface area contributed by atoms with Crippen LogP contribution in [0.2, 0.25) is 0 Å². The number of likely N-dealkylation sites (tertiary alicyclic amines) is 1. The predicted octanol–water partition coefficient (Wildman–Crippen LogP) is 2.71. The molecule has 0 aromatic heterocycles. The van der Waals surface area contributed by atoms with Crippen molar-refractivity contribution in [3.05, 3.63) is 35.4 Å². The molecule has 0 aliphatic carbocycles. The summed E-state index contributed by atoms with van der Waals surface area (Å²) in [7, 11) is 1.91. The molecule has 1 heterocycles. The Labute approximate surface area is 107 Å². The molecule has 1 N–H and O–H groups in total. The maximum absolute atomic E-state index is 13.8. The van der Waals surface area contributed by atoms with E-state index in [1.165, 1.54) is 18.2 Å². The zero-order valence-corrected chi connectivity index (χ0v) is 10.9. The Bertz CT molecular complexity index is 389. The number of nitrogens with one attached hydrogen (secondary N) is 1. The average Bonchev–Trinajstić information content (AvgIpc) is 2.77. The molecule has 0 spiro atoms. The van der Waals surface area contributed by atoms with Crippen molar-refractivity contribution in [3.8, 4) is 0 Å². The second-order valence-corrected chi connectivity index (χ2v) is 4.90. The number of nitrogens with zero attached hydrogens (tertiary/aromatic N) is 1. The molecule has 1 saturated heterocycles. The van der Waals surface area contributed by atoms with Gasteiger partial charge in [-0.1, -0.05) is 6.07 Å². The van der Waals surface area contributed by atoms with Crippen LogP contribution in [0.15, 0.2) is 18.2 Å². The Morgan fingerprint density at radius 3 is 2.67 bits per heavy atom. The Morgan fingerprint density at radius 2 is 2.06 bits per heavy atom. The number of rotatable bonds is 4. The minimum Gasteiger partial charge on any atom is -0.318 e. The van der Waals surface area contributed by atoms with Gasteiger partial charge in [0.2, 0.25) is 0 Å². The molecule has 1 aliphatic rings. The highest BCUT2D eigenvalue weighted by Crippen LogP contribution is 2.31. The highest BCUT2D eigenvalue weighted by atomic mass is 19.1. The Morgan fingerprint density at radius 1 is 1.39 bits per heavy atom. The van der Waals surface area contributed by atoms with Gasteiger partial charge in [-0.15, -0.1) is 0 Å². The summed E-state index contributed by atoms with van der Waals surface area (Å²) in [6.45, 7) is 3.65. The second-order valence-electron chi connectivity index (χ2n) is 4.90. The third kappa shape index (κ3) is 2.54. The van der Waals surface area contributed by atoms with E-state index in [0.29, 0.717) is 6.04 Å². The van der Waals surface area contributed by atoms with E-state index in [0.717, 1.165) is 25.9 Å². The standard InChI is InChI=1S/C14H20F2N2/c1-10(14-12(15)6-3-7-13(14)16)18-8-4-5-11(18)9-17-2/h3,6-7,10-11,17H,4-5,8-9H2,1-2H3. The maximum Gasteiger partial charge on any atom is 0.130 e. The SMILES string of the molecule is CNCC1CCCN1C(C)c1c(F)cccc1F. The first-order valence-corrected chi connectivity index (χ1v) is 6.49. The average molecular weight is 254 g/mol. The predicted molar refractivity (Wildman–Crippen MR) is 68.4 cm³/mol. The number of hydrogen-bond donors (Lipinski definition) is 1. The van der Waals surface area contributed by atoms with Gasteiger partial charge in [0.15, 0.2) is 0 Å². The van der Waals surface area contributed by atoms with Crippen molar-refractivity contribution in [1.82, 2.24) is 10.2 Å². The topological polar surface area (TPSA) is 15.3 Å². The second kappa shape index (κ2) is 5.76. The highest BCUT2D eigenvalue weighted by molar-refractivity contribution is 5.23. The van der Waals surface area contributed by atoms with Crippen LogP contribution in [0, 0.1) is 11.6 Å². The van der Waals surface area contributed by atoms with Crippen molar-refractivity contribution in [3.63, 3.8) is 0 Å². The van der Waals surface area contributed by atoms with Crippen LogP contribution in [0.3, 0.4) is 0 Å². The van der Waals surface area contributed by atoms with Crippen LogP contribution in [0.1, 0.15) is 31.4 Å². The zero-order chi connectivity index (χ0) is 13.1. The minimum atomic E-state index is -0.447. The zero-order valence-electron chi connectivity index (χ0n) is 10.9. The minimum absolute atomic E-state index is 0.195. The lowest BCUT2D eigenvalue weighted by molar-refractivity contribution is 0.184. The molecule has 2 nitrogen and oxygen atoms in total.